The Morgan fingerprint density at radius 2 is 1.93 bits per heavy atom. The normalized spacial score (nSPS) is 16.0. The highest BCUT2D eigenvalue weighted by Gasteiger charge is 2.34. The lowest BCUT2D eigenvalue weighted by Gasteiger charge is -2.23. The molecule has 3 aromatic rings. The van der Waals surface area contributed by atoms with Crippen LogP contribution in [0.1, 0.15) is 56.1 Å². The van der Waals surface area contributed by atoms with E-state index in [0.717, 1.165) is 18.5 Å². The number of amides is 2. The number of likely N-dealkylation sites (tertiary alicyclic amines) is 1. The van der Waals surface area contributed by atoms with Crippen LogP contribution in [0, 0.1) is 19.7 Å². The predicted octanol–water partition coefficient (Wildman–Crippen LogP) is 3.92. The first kappa shape index (κ1) is 20.1. The molecule has 0 unspecified atom stereocenters. The van der Waals surface area contributed by atoms with Gasteiger partial charge in [0.25, 0.3) is 11.8 Å². The molecule has 2 amide bonds. The molecule has 4 rings (SSSR count). The van der Waals surface area contributed by atoms with Crippen molar-refractivity contribution in [1.29, 1.82) is 0 Å². The number of thiazole rings is 1. The van der Waals surface area contributed by atoms with Crippen molar-refractivity contribution in [3.05, 3.63) is 69.4 Å². The van der Waals surface area contributed by atoms with Gasteiger partial charge in [0.2, 0.25) is 0 Å². The molecule has 9 heteroatoms. The van der Waals surface area contributed by atoms with E-state index in [4.69, 9.17) is 0 Å². The van der Waals surface area contributed by atoms with Crippen LogP contribution in [0.2, 0.25) is 0 Å². The third-order valence-electron chi connectivity index (χ3n) is 5.10. The van der Waals surface area contributed by atoms with E-state index in [9.17, 15) is 14.0 Å². The van der Waals surface area contributed by atoms with Gasteiger partial charge < -0.3 is 10.2 Å². The lowest BCUT2D eigenvalue weighted by atomic mass is 10.1. The van der Waals surface area contributed by atoms with Crippen molar-refractivity contribution in [1.82, 2.24) is 19.9 Å². The summed E-state index contributed by atoms with van der Waals surface area (Å²) < 4.78 is 13.0. The SMILES string of the molecule is Cc1nc([C@@H]2CCCN2C(=O)c2scnc2C)ncc1C(=O)Nc1ccc(F)cc1. The summed E-state index contributed by atoms with van der Waals surface area (Å²) in [6, 6.07) is 5.30. The fourth-order valence-electron chi connectivity index (χ4n) is 3.52. The van der Waals surface area contributed by atoms with Crippen LogP contribution in [0.3, 0.4) is 0 Å². The average Bonchev–Trinajstić information content (AvgIpc) is 3.38. The van der Waals surface area contributed by atoms with E-state index in [1.165, 1.54) is 41.8 Å². The zero-order valence-electron chi connectivity index (χ0n) is 16.6. The fraction of sp³-hybridized carbons (Fsp3) is 0.286. The van der Waals surface area contributed by atoms with Gasteiger partial charge in [0.05, 0.1) is 28.5 Å². The summed E-state index contributed by atoms with van der Waals surface area (Å²) in [5.74, 6) is -0.276. The number of aryl methyl sites for hydroxylation is 2. The van der Waals surface area contributed by atoms with Crippen molar-refractivity contribution < 1.29 is 14.0 Å². The van der Waals surface area contributed by atoms with Crippen molar-refractivity contribution in [3.63, 3.8) is 0 Å². The van der Waals surface area contributed by atoms with Crippen LogP contribution in [0.4, 0.5) is 10.1 Å². The van der Waals surface area contributed by atoms with Crippen molar-refractivity contribution in [2.45, 2.75) is 32.7 Å². The third kappa shape index (κ3) is 3.93. The number of aromatic nitrogens is 3. The van der Waals surface area contributed by atoms with Gasteiger partial charge in [-0.1, -0.05) is 0 Å². The summed E-state index contributed by atoms with van der Waals surface area (Å²) in [6.07, 6.45) is 3.11. The van der Waals surface area contributed by atoms with E-state index in [1.54, 1.807) is 17.3 Å². The molecule has 0 bridgehead atoms. The third-order valence-corrected chi connectivity index (χ3v) is 6.01. The van der Waals surface area contributed by atoms with Gasteiger partial charge in [-0.15, -0.1) is 11.3 Å². The Bertz CT molecular complexity index is 1100. The summed E-state index contributed by atoms with van der Waals surface area (Å²) in [4.78, 5) is 41.0. The van der Waals surface area contributed by atoms with Crippen molar-refractivity contribution in [2.75, 3.05) is 11.9 Å². The Labute approximate surface area is 177 Å². The van der Waals surface area contributed by atoms with E-state index >= 15 is 0 Å². The quantitative estimate of drug-likeness (QED) is 0.685. The molecule has 1 aromatic carbocycles. The molecule has 1 aliphatic rings. The number of carbonyl (C=O) groups excluding carboxylic acids is 2. The van der Waals surface area contributed by atoms with Gasteiger partial charge >= 0.3 is 0 Å². The van der Waals surface area contributed by atoms with Crippen molar-refractivity contribution in [3.8, 4) is 0 Å². The maximum atomic E-state index is 13.0. The van der Waals surface area contributed by atoms with Gasteiger partial charge in [-0.3, -0.25) is 9.59 Å². The number of nitrogens with one attached hydrogen (secondary N) is 1. The van der Waals surface area contributed by atoms with E-state index in [2.05, 4.69) is 20.3 Å². The summed E-state index contributed by atoms with van der Waals surface area (Å²) in [7, 11) is 0. The Hall–Kier alpha value is -3.20. The van der Waals surface area contributed by atoms with Gasteiger partial charge in [0.15, 0.2) is 5.82 Å². The molecule has 1 N–H and O–H groups in total. The number of hydrogen-bond donors (Lipinski definition) is 1. The zero-order chi connectivity index (χ0) is 21.3. The standard InChI is InChI=1S/C21H20FN5O2S/c1-12-16(20(28)26-15-7-5-14(22)6-8-15)10-23-19(25-12)17-4-3-9-27(17)21(29)18-13(2)24-11-30-18/h5-8,10-11,17H,3-4,9H2,1-2H3,(H,26,28)/t17-/m0/s1. The maximum absolute atomic E-state index is 13.0. The minimum atomic E-state index is -0.374. The molecule has 2 aromatic heterocycles. The van der Waals surface area contributed by atoms with Crippen LogP contribution in [0.25, 0.3) is 0 Å². The summed E-state index contributed by atoms with van der Waals surface area (Å²) >= 11 is 1.33. The Morgan fingerprint density at radius 3 is 2.60 bits per heavy atom. The van der Waals surface area contributed by atoms with Crippen LogP contribution < -0.4 is 5.32 Å². The summed E-state index contributed by atoms with van der Waals surface area (Å²) in [5.41, 5.74) is 3.73. The van der Waals surface area contributed by atoms with Gasteiger partial charge in [-0.25, -0.2) is 19.3 Å². The zero-order valence-corrected chi connectivity index (χ0v) is 17.4. The lowest BCUT2D eigenvalue weighted by Crippen LogP contribution is -2.31. The summed E-state index contributed by atoms with van der Waals surface area (Å²) in [5, 5.41) is 2.71. The molecule has 154 valence electrons. The maximum Gasteiger partial charge on any atom is 0.266 e. The molecule has 7 nitrogen and oxygen atoms in total. The topological polar surface area (TPSA) is 88.1 Å². The van der Waals surface area contributed by atoms with Crippen LogP contribution in [-0.2, 0) is 0 Å². The van der Waals surface area contributed by atoms with Crippen LogP contribution in [-0.4, -0.2) is 38.2 Å². The number of benzene rings is 1. The van der Waals surface area contributed by atoms with Gasteiger partial charge in [-0.2, -0.15) is 0 Å². The highest BCUT2D eigenvalue weighted by Crippen LogP contribution is 2.32. The van der Waals surface area contributed by atoms with E-state index in [1.807, 2.05) is 6.92 Å². The Balaban J connectivity index is 1.53. The molecule has 0 spiro atoms. The molecule has 1 atom stereocenters. The van der Waals surface area contributed by atoms with Gasteiger partial charge in [-0.05, 0) is 51.0 Å². The minimum Gasteiger partial charge on any atom is -0.328 e. The first-order valence-electron chi connectivity index (χ1n) is 9.55. The van der Waals surface area contributed by atoms with Crippen molar-refractivity contribution in [2.24, 2.45) is 0 Å². The second-order valence-corrected chi connectivity index (χ2v) is 7.97. The number of carbonyl (C=O) groups is 2. The number of hydrogen-bond acceptors (Lipinski definition) is 6. The fourth-order valence-corrected chi connectivity index (χ4v) is 4.27. The number of nitrogens with zero attached hydrogens (tertiary/aromatic N) is 4. The van der Waals surface area contributed by atoms with E-state index < -0.39 is 0 Å². The molecular formula is C21H20FN5O2S. The number of rotatable bonds is 4. The lowest BCUT2D eigenvalue weighted by molar-refractivity contribution is 0.0733. The molecule has 30 heavy (non-hydrogen) atoms. The molecule has 1 aliphatic heterocycles. The molecule has 1 fully saturated rings. The molecule has 0 saturated carbocycles. The van der Waals surface area contributed by atoms with Crippen LogP contribution in [0.5, 0.6) is 0 Å². The number of anilines is 1. The molecule has 0 aliphatic carbocycles. The largest absolute Gasteiger partial charge is 0.328 e. The first-order valence-corrected chi connectivity index (χ1v) is 10.4. The van der Waals surface area contributed by atoms with Crippen LogP contribution in [0.15, 0.2) is 36.0 Å². The second kappa shape index (κ2) is 8.27. The molecule has 0 radical (unpaired) electrons. The van der Waals surface area contributed by atoms with Crippen molar-refractivity contribution >= 4 is 28.8 Å². The monoisotopic (exact) mass is 425 g/mol. The van der Waals surface area contributed by atoms with Gasteiger partial charge in [0.1, 0.15) is 10.7 Å². The molecule has 1 saturated heterocycles. The van der Waals surface area contributed by atoms with Gasteiger partial charge in [0, 0.05) is 18.4 Å². The first-order chi connectivity index (χ1) is 14.4. The second-order valence-electron chi connectivity index (χ2n) is 7.11. The highest BCUT2D eigenvalue weighted by molar-refractivity contribution is 7.11. The Morgan fingerprint density at radius 1 is 1.17 bits per heavy atom. The molecular weight excluding hydrogens is 405 g/mol. The average molecular weight is 425 g/mol. The smallest absolute Gasteiger partial charge is 0.266 e. The number of halogens is 1. The van der Waals surface area contributed by atoms with E-state index in [0.29, 0.717) is 34.2 Å². The summed E-state index contributed by atoms with van der Waals surface area (Å²) in [6.45, 7) is 4.19. The van der Waals surface area contributed by atoms with Crippen LogP contribution >= 0.6 is 11.3 Å². The highest BCUT2D eigenvalue weighted by atomic mass is 32.1. The predicted molar refractivity (Wildman–Crippen MR) is 111 cm³/mol. The Kier molecular flexibility index (Phi) is 5.54. The minimum absolute atomic E-state index is 0.0584. The molecule has 3 heterocycles. The van der Waals surface area contributed by atoms with E-state index in [-0.39, 0.29) is 23.7 Å².